The van der Waals surface area contributed by atoms with E-state index in [4.69, 9.17) is 9.47 Å². The van der Waals surface area contributed by atoms with E-state index in [1.165, 1.54) is 14.2 Å². The standard InChI is InChI=1S/C16H22N2O5/c1-7-14(22-4)10-9(13(20)15(7)23-5)8-6-17(2)16(21)11(12(10)19)18(8)3/h8,11-12,19-20H,6H2,1-5H3/t8-,11-,12-/m0/s1. The summed E-state index contributed by atoms with van der Waals surface area (Å²) in [5, 5.41) is 21.5. The molecule has 1 aromatic rings. The van der Waals surface area contributed by atoms with Gasteiger partial charge in [0.1, 0.15) is 17.9 Å². The molecular formula is C16H22N2O5. The first-order chi connectivity index (χ1) is 10.8. The number of benzene rings is 1. The van der Waals surface area contributed by atoms with Gasteiger partial charge in [-0.2, -0.15) is 0 Å². The Morgan fingerprint density at radius 2 is 1.74 bits per heavy atom. The summed E-state index contributed by atoms with van der Waals surface area (Å²) in [6.45, 7) is 2.18. The second-order valence-corrected chi connectivity index (χ2v) is 6.16. The topological polar surface area (TPSA) is 82.5 Å². The van der Waals surface area contributed by atoms with Gasteiger partial charge in [0.2, 0.25) is 5.91 Å². The van der Waals surface area contributed by atoms with Crippen LogP contribution in [-0.2, 0) is 4.79 Å². The van der Waals surface area contributed by atoms with Gasteiger partial charge in [0.05, 0.1) is 20.3 Å². The first-order valence-electron chi connectivity index (χ1n) is 7.47. The Labute approximate surface area is 135 Å². The lowest BCUT2D eigenvalue weighted by Crippen LogP contribution is -2.60. The van der Waals surface area contributed by atoms with Crippen molar-refractivity contribution in [2.45, 2.75) is 25.1 Å². The molecule has 2 aliphatic heterocycles. The maximum atomic E-state index is 12.5. The number of hydrogen-bond acceptors (Lipinski definition) is 6. The Morgan fingerprint density at radius 1 is 1.13 bits per heavy atom. The fraction of sp³-hybridized carbons (Fsp3) is 0.562. The average molecular weight is 322 g/mol. The van der Waals surface area contributed by atoms with Crippen molar-refractivity contribution >= 4 is 5.91 Å². The van der Waals surface area contributed by atoms with Crippen molar-refractivity contribution in [3.63, 3.8) is 0 Å². The van der Waals surface area contributed by atoms with Crippen LogP contribution in [0.25, 0.3) is 0 Å². The number of carbonyl (C=O) groups excluding carboxylic acids is 1. The smallest absolute Gasteiger partial charge is 0.242 e. The molecular weight excluding hydrogens is 300 g/mol. The Morgan fingerprint density at radius 3 is 2.30 bits per heavy atom. The number of piperazine rings is 1. The predicted molar refractivity (Wildman–Crippen MR) is 82.8 cm³/mol. The van der Waals surface area contributed by atoms with Crippen molar-refractivity contribution in [3.8, 4) is 17.2 Å². The number of amides is 1. The Bertz CT molecular complexity index is 675. The third kappa shape index (κ3) is 1.93. The van der Waals surface area contributed by atoms with Crippen LogP contribution in [0.3, 0.4) is 0 Å². The summed E-state index contributed by atoms with van der Waals surface area (Å²) in [4.78, 5) is 15.8. The van der Waals surface area contributed by atoms with Gasteiger partial charge in [-0.05, 0) is 14.0 Å². The number of hydrogen-bond donors (Lipinski definition) is 2. The molecule has 126 valence electrons. The molecule has 1 fully saturated rings. The molecule has 23 heavy (non-hydrogen) atoms. The van der Waals surface area contributed by atoms with Crippen LogP contribution in [0.5, 0.6) is 17.2 Å². The molecule has 0 unspecified atom stereocenters. The van der Waals surface area contributed by atoms with Gasteiger partial charge in [-0.3, -0.25) is 9.69 Å². The number of aromatic hydroxyl groups is 1. The summed E-state index contributed by atoms with van der Waals surface area (Å²) < 4.78 is 10.8. The molecule has 1 amide bonds. The molecule has 0 aromatic heterocycles. The number of fused-ring (bicyclic) bond motifs is 4. The molecule has 1 saturated heterocycles. The van der Waals surface area contributed by atoms with Crippen LogP contribution in [-0.4, -0.2) is 66.8 Å². The number of aliphatic hydroxyl groups is 1. The molecule has 2 N–H and O–H groups in total. The maximum absolute atomic E-state index is 12.5. The number of carbonyl (C=O) groups is 1. The Balaban J connectivity index is 2.34. The third-order valence-electron chi connectivity index (χ3n) is 5.03. The second-order valence-electron chi connectivity index (χ2n) is 6.16. The van der Waals surface area contributed by atoms with E-state index in [2.05, 4.69) is 0 Å². The van der Waals surface area contributed by atoms with E-state index in [-0.39, 0.29) is 17.7 Å². The molecule has 3 atom stereocenters. The highest BCUT2D eigenvalue weighted by molar-refractivity contribution is 5.85. The Kier molecular flexibility index (Phi) is 3.65. The van der Waals surface area contributed by atoms with Crippen LogP contribution < -0.4 is 9.47 Å². The van der Waals surface area contributed by atoms with Crippen molar-refractivity contribution in [2.24, 2.45) is 0 Å². The van der Waals surface area contributed by atoms with Crippen molar-refractivity contribution < 1.29 is 24.5 Å². The lowest BCUT2D eigenvalue weighted by Gasteiger charge is -2.49. The number of aliphatic hydroxyl groups excluding tert-OH is 1. The van der Waals surface area contributed by atoms with E-state index in [0.29, 0.717) is 34.7 Å². The number of phenolic OH excluding ortho intramolecular Hbond substituents is 1. The first-order valence-corrected chi connectivity index (χ1v) is 7.47. The SMILES string of the molecule is COc1c(C)c(OC)c2c(c1O)[C@@H]1CN(C)C(=O)[C@H]([C@H]2O)N1C. The minimum absolute atomic E-state index is 0.00195. The van der Waals surface area contributed by atoms with Gasteiger partial charge in [0.15, 0.2) is 11.5 Å². The van der Waals surface area contributed by atoms with Crippen LogP contribution in [0.2, 0.25) is 0 Å². The van der Waals surface area contributed by atoms with Crippen molar-refractivity contribution in [2.75, 3.05) is 34.9 Å². The maximum Gasteiger partial charge on any atom is 0.242 e. The van der Waals surface area contributed by atoms with Crippen LogP contribution in [0.1, 0.15) is 28.8 Å². The molecule has 2 aliphatic rings. The van der Waals surface area contributed by atoms with Gasteiger partial charge < -0.3 is 24.6 Å². The second kappa shape index (κ2) is 5.28. The fourth-order valence-electron chi connectivity index (χ4n) is 3.88. The third-order valence-corrected chi connectivity index (χ3v) is 5.03. The summed E-state index contributed by atoms with van der Waals surface area (Å²) in [5.74, 6) is 0.650. The summed E-state index contributed by atoms with van der Waals surface area (Å²) in [6, 6.07) is -0.920. The molecule has 7 nitrogen and oxygen atoms in total. The van der Waals surface area contributed by atoms with Gasteiger partial charge in [0.25, 0.3) is 0 Å². The summed E-state index contributed by atoms with van der Waals surface area (Å²) in [7, 11) is 6.47. The average Bonchev–Trinajstić information content (AvgIpc) is 2.50. The number of methoxy groups -OCH3 is 2. The van der Waals surface area contributed by atoms with E-state index in [0.717, 1.165) is 0 Å². The molecule has 2 heterocycles. The zero-order chi connectivity index (χ0) is 17.0. The molecule has 3 rings (SSSR count). The highest BCUT2D eigenvalue weighted by Gasteiger charge is 2.50. The largest absolute Gasteiger partial charge is 0.504 e. The first kappa shape index (κ1) is 15.9. The van der Waals surface area contributed by atoms with Crippen molar-refractivity contribution in [1.82, 2.24) is 9.80 Å². The van der Waals surface area contributed by atoms with E-state index < -0.39 is 12.1 Å². The van der Waals surface area contributed by atoms with Gasteiger partial charge >= 0.3 is 0 Å². The van der Waals surface area contributed by atoms with E-state index >= 15 is 0 Å². The highest BCUT2D eigenvalue weighted by Crippen LogP contribution is 2.53. The Hall–Kier alpha value is -1.99. The molecule has 0 spiro atoms. The summed E-state index contributed by atoms with van der Waals surface area (Å²) in [5.41, 5.74) is 1.65. The summed E-state index contributed by atoms with van der Waals surface area (Å²) >= 11 is 0. The number of nitrogens with zero attached hydrogens (tertiary/aromatic N) is 2. The molecule has 1 aromatic carbocycles. The molecule has 0 radical (unpaired) electrons. The molecule has 0 saturated carbocycles. The van der Waals surface area contributed by atoms with Crippen LogP contribution in [0, 0.1) is 6.92 Å². The highest BCUT2D eigenvalue weighted by atomic mass is 16.5. The van der Waals surface area contributed by atoms with E-state index in [9.17, 15) is 15.0 Å². The van der Waals surface area contributed by atoms with Gasteiger partial charge in [-0.25, -0.2) is 0 Å². The quantitative estimate of drug-likeness (QED) is 0.829. The lowest BCUT2D eigenvalue weighted by atomic mass is 9.80. The molecule has 7 heteroatoms. The molecule has 2 bridgehead atoms. The van der Waals surface area contributed by atoms with E-state index in [1.54, 1.807) is 25.9 Å². The van der Waals surface area contributed by atoms with Gasteiger partial charge in [-0.1, -0.05) is 0 Å². The van der Waals surface area contributed by atoms with Crippen LogP contribution >= 0.6 is 0 Å². The van der Waals surface area contributed by atoms with E-state index in [1.807, 2.05) is 4.90 Å². The van der Waals surface area contributed by atoms with Crippen molar-refractivity contribution in [1.29, 1.82) is 0 Å². The number of ether oxygens (including phenoxy) is 2. The monoisotopic (exact) mass is 322 g/mol. The van der Waals surface area contributed by atoms with Crippen LogP contribution in [0.4, 0.5) is 0 Å². The zero-order valence-electron chi connectivity index (χ0n) is 14.0. The number of rotatable bonds is 2. The van der Waals surface area contributed by atoms with Crippen LogP contribution in [0.15, 0.2) is 0 Å². The minimum Gasteiger partial charge on any atom is -0.504 e. The van der Waals surface area contributed by atoms with Crippen molar-refractivity contribution in [3.05, 3.63) is 16.7 Å². The van der Waals surface area contributed by atoms with Gasteiger partial charge in [-0.15, -0.1) is 0 Å². The normalized spacial score (nSPS) is 27.0. The molecule has 0 aliphatic carbocycles. The number of likely N-dealkylation sites (N-methyl/N-ethyl adjacent to an activating group) is 2. The minimum atomic E-state index is -1.08. The zero-order valence-corrected chi connectivity index (χ0v) is 14.0. The fourth-order valence-corrected chi connectivity index (χ4v) is 3.88. The number of phenols is 1. The lowest BCUT2D eigenvalue weighted by molar-refractivity contribution is -0.150. The van der Waals surface area contributed by atoms with Gasteiger partial charge in [0, 0.05) is 30.3 Å². The predicted octanol–water partition coefficient (Wildman–Crippen LogP) is 0.578. The summed E-state index contributed by atoms with van der Waals surface area (Å²) in [6.07, 6.45) is -1.08.